The molecule has 2 rings (SSSR count). The zero-order valence-electron chi connectivity index (χ0n) is 17.8. The molecule has 0 bridgehead atoms. The summed E-state index contributed by atoms with van der Waals surface area (Å²) in [6.07, 6.45) is 13.2. The summed E-state index contributed by atoms with van der Waals surface area (Å²) in [6.45, 7) is 20.2. The molecule has 0 heterocycles. The van der Waals surface area contributed by atoms with Gasteiger partial charge >= 0.3 is 149 Å². The molecule has 4 heteroatoms. The smallest absolute Gasteiger partial charge is 1.00 e. The summed E-state index contributed by atoms with van der Waals surface area (Å²) in [5.74, 6) is -0.514. The number of rotatable bonds is 5. The van der Waals surface area contributed by atoms with Gasteiger partial charge in [-0.3, -0.25) is 0 Å². The quantitative estimate of drug-likeness (QED) is 0.396. The Morgan fingerprint density at radius 2 is 1.18 bits per heavy atom. The fraction of sp³-hybridized carbons (Fsp3) is 0.556. The molecule has 0 N–H and O–H groups in total. The third-order valence-corrected chi connectivity index (χ3v) is 36.1. The zero-order chi connectivity index (χ0) is 16.7. The van der Waals surface area contributed by atoms with Crippen LogP contribution in [0, 0.1) is 0 Å². The first-order chi connectivity index (χ1) is 10.00. The van der Waals surface area contributed by atoms with E-state index in [0.717, 1.165) is 0 Å². The molecule has 0 aromatic heterocycles. The molecule has 0 radical (unpaired) electrons. The molecular formula is C18H35HfSi3-2. The van der Waals surface area contributed by atoms with Crippen molar-refractivity contribution >= 4 is 22.1 Å². The van der Waals surface area contributed by atoms with Gasteiger partial charge < -0.3 is 2.85 Å². The predicted molar refractivity (Wildman–Crippen MR) is 109 cm³/mol. The Kier molecular flexibility index (Phi) is 5.79. The van der Waals surface area contributed by atoms with Crippen LogP contribution in [0.15, 0.2) is 41.4 Å². The fourth-order valence-corrected chi connectivity index (χ4v) is 33.9. The topological polar surface area (TPSA) is 0 Å². The van der Waals surface area contributed by atoms with Crippen molar-refractivity contribution in [1.82, 2.24) is 0 Å². The van der Waals surface area contributed by atoms with Crippen molar-refractivity contribution in [1.29, 1.82) is 0 Å². The van der Waals surface area contributed by atoms with Crippen molar-refractivity contribution in [3.63, 3.8) is 0 Å². The molecule has 0 unspecified atom stereocenters. The second-order valence-electron chi connectivity index (χ2n) is 9.13. The summed E-state index contributed by atoms with van der Waals surface area (Å²) in [5, 5.41) is 3.47. The average molecular weight is 514 g/mol. The normalized spacial score (nSPS) is 19.1. The molecule has 0 atom stereocenters. The summed E-state index contributed by atoms with van der Waals surface area (Å²) < 4.78 is 3.89. The van der Waals surface area contributed by atoms with Crippen LogP contribution in [-0.2, 0) is 20.6 Å². The SMILES string of the molecule is C[SiH](C)[Hf]([C]1=CC([Si](C)(C)C)=CC1)[C]1=CC([Si](C)(C)C)=CC1.[H-].[H-]. The van der Waals surface area contributed by atoms with E-state index in [1.165, 1.54) is 12.8 Å². The molecule has 0 amide bonds. The van der Waals surface area contributed by atoms with Crippen molar-refractivity contribution in [3.05, 3.63) is 41.4 Å². The molecule has 0 aromatic rings. The summed E-state index contributed by atoms with van der Waals surface area (Å²) in [7, 11) is -2.24. The predicted octanol–water partition coefficient (Wildman–Crippen LogP) is 6.00. The first-order valence-corrected chi connectivity index (χ1v) is 28.4. The molecule has 0 nitrogen and oxygen atoms in total. The van der Waals surface area contributed by atoms with E-state index >= 15 is 0 Å². The van der Waals surface area contributed by atoms with E-state index in [-0.39, 0.29) is 2.85 Å². The Morgan fingerprint density at radius 1 is 0.818 bits per heavy atom. The van der Waals surface area contributed by atoms with E-state index in [1.54, 1.807) is 10.4 Å². The Balaban J connectivity index is 0.00000264. The van der Waals surface area contributed by atoms with Crippen molar-refractivity contribution in [2.45, 2.75) is 65.2 Å². The number of hydrogen-bond donors (Lipinski definition) is 0. The first kappa shape index (κ1) is 18.8. The monoisotopic (exact) mass is 515 g/mol. The molecule has 0 fully saturated rings. The molecule has 2 aliphatic carbocycles. The van der Waals surface area contributed by atoms with Gasteiger partial charge in [-0.1, -0.05) is 0 Å². The van der Waals surface area contributed by atoms with Gasteiger partial charge in [0.15, 0.2) is 0 Å². The van der Waals surface area contributed by atoms with Gasteiger partial charge in [-0.2, -0.15) is 0 Å². The molecule has 0 aromatic carbocycles. The van der Waals surface area contributed by atoms with Gasteiger partial charge in [-0.25, -0.2) is 0 Å². The molecule has 0 spiro atoms. The van der Waals surface area contributed by atoms with Crippen LogP contribution in [0.4, 0.5) is 0 Å². The van der Waals surface area contributed by atoms with Crippen LogP contribution in [0.25, 0.3) is 0 Å². The molecule has 0 aliphatic heterocycles. The van der Waals surface area contributed by atoms with Gasteiger partial charge in [0.2, 0.25) is 0 Å². The van der Waals surface area contributed by atoms with Crippen LogP contribution in [0.3, 0.4) is 0 Å². The Bertz CT molecular complexity index is 528. The van der Waals surface area contributed by atoms with Gasteiger partial charge in [0.05, 0.1) is 0 Å². The summed E-state index contributed by atoms with van der Waals surface area (Å²) >= 11 is -1.69. The van der Waals surface area contributed by atoms with Crippen LogP contribution >= 0.6 is 0 Å². The Hall–Kier alpha value is 0.481. The van der Waals surface area contributed by atoms with E-state index in [2.05, 4.69) is 76.7 Å². The van der Waals surface area contributed by atoms with E-state index in [0.29, 0.717) is 0 Å². The molecule has 0 saturated carbocycles. The van der Waals surface area contributed by atoms with E-state index in [9.17, 15) is 0 Å². The van der Waals surface area contributed by atoms with Gasteiger partial charge in [0.25, 0.3) is 0 Å². The van der Waals surface area contributed by atoms with E-state index in [1.807, 2.05) is 6.66 Å². The molecule has 22 heavy (non-hydrogen) atoms. The van der Waals surface area contributed by atoms with Gasteiger partial charge in [0.1, 0.15) is 0 Å². The third kappa shape index (κ3) is 4.31. The summed E-state index contributed by atoms with van der Waals surface area (Å²) in [6, 6.07) is 0. The van der Waals surface area contributed by atoms with Crippen LogP contribution in [0.1, 0.15) is 15.7 Å². The number of allylic oxidation sites excluding steroid dienone is 8. The zero-order valence-corrected chi connectivity index (χ0v) is 22.5. The molecular weight excluding hydrogens is 479 g/mol. The van der Waals surface area contributed by atoms with Crippen LogP contribution in [-0.4, -0.2) is 22.1 Å². The second kappa shape index (κ2) is 6.77. The van der Waals surface area contributed by atoms with Crippen LogP contribution in [0.2, 0.25) is 52.4 Å². The maximum atomic E-state index is 2.69. The van der Waals surface area contributed by atoms with Crippen molar-refractivity contribution in [3.8, 4) is 0 Å². The minimum Gasteiger partial charge on any atom is -1.00 e. The van der Waals surface area contributed by atoms with Crippen molar-refractivity contribution < 1.29 is 23.5 Å². The van der Waals surface area contributed by atoms with Crippen molar-refractivity contribution in [2.24, 2.45) is 0 Å². The third-order valence-electron chi connectivity index (χ3n) is 4.74. The van der Waals surface area contributed by atoms with E-state index < -0.39 is 42.7 Å². The van der Waals surface area contributed by atoms with Gasteiger partial charge in [-0.15, -0.1) is 0 Å². The minimum absolute atomic E-state index is 0. The van der Waals surface area contributed by atoms with Gasteiger partial charge in [0, 0.05) is 0 Å². The van der Waals surface area contributed by atoms with Crippen LogP contribution in [0.5, 0.6) is 0 Å². The molecule has 0 saturated heterocycles. The Morgan fingerprint density at radius 3 is 1.41 bits per heavy atom. The molecule has 2 aliphatic rings. The molecule has 125 valence electrons. The van der Waals surface area contributed by atoms with Crippen molar-refractivity contribution in [2.75, 3.05) is 0 Å². The largest absolute Gasteiger partial charge is 1.00 e. The fourth-order valence-electron chi connectivity index (χ4n) is 3.42. The van der Waals surface area contributed by atoms with Crippen LogP contribution < -0.4 is 0 Å². The maximum Gasteiger partial charge on any atom is -1.00 e. The summed E-state index contributed by atoms with van der Waals surface area (Å²) in [4.78, 5) is 0. The average Bonchev–Trinajstić information content (AvgIpc) is 2.95. The summed E-state index contributed by atoms with van der Waals surface area (Å²) in [5.41, 5.74) is 0. The standard InChI is InChI=1S/2C8H13Si.C2H7Si.Hf.2H/c2*1-9(2,3)8-6-4-5-7-8;1-3-2;;;/h2*6-7H,4H2,1-3H3;3H,1-2H3;;;/q;;;;2*-1. The van der Waals surface area contributed by atoms with E-state index in [4.69, 9.17) is 0 Å². The Labute approximate surface area is 151 Å². The minimum atomic E-state index is -1.69. The number of hydrogen-bond acceptors (Lipinski definition) is 0. The second-order valence-corrected chi connectivity index (χ2v) is 46.4. The first-order valence-electron chi connectivity index (χ1n) is 8.70. The maximum absolute atomic E-state index is 2.69. The van der Waals surface area contributed by atoms with Gasteiger partial charge in [-0.05, 0) is 0 Å².